The minimum absolute atomic E-state index is 0.125. The summed E-state index contributed by atoms with van der Waals surface area (Å²) in [5.74, 6) is -3.79. The van der Waals surface area contributed by atoms with Crippen LogP contribution in [0.5, 0.6) is 0 Å². The second-order valence-electron chi connectivity index (χ2n) is 8.58. The predicted octanol–water partition coefficient (Wildman–Crippen LogP) is 4.65. The van der Waals surface area contributed by atoms with E-state index in [-0.39, 0.29) is 18.6 Å². The molecule has 1 spiro atoms. The van der Waals surface area contributed by atoms with E-state index in [1.807, 2.05) is 38.1 Å². The van der Waals surface area contributed by atoms with Crippen molar-refractivity contribution < 1.29 is 23.2 Å². The topological polar surface area (TPSA) is 66.5 Å². The van der Waals surface area contributed by atoms with E-state index in [0.29, 0.717) is 5.56 Å². The number of nitrogens with zero attached hydrogens (tertiary/aromatic N) is 1. The fraction of sp³-hybridized carbons (Fsp3) is 0.375. The molecule has 7 heteroatoms. The average molecular weight is 426 g/mol. The zero-order chi connectivity index (χ0) is 22.4. The van der Waals surface area contributed by atoms with Crippen molar-refractivity contribution in [2.24, 2.45) is 0 Å². The van der Waals surface area contributed by atoms with Crippen molar-refractivity contribution in [1.82, 2.24) is 10.2 Å². The van der Waals surface area contributed by atoms with Crippen LogP contribution in [0.4, 0.5) is 13.6 Å². The zero-order valence-corrected chi connectivity index (χ0v) is 17.5. The molecular weight excluding hydrogens is 402 g/mol. The van der Waals surface area contributed by atoms with Crippen molar-refractivity contribution in [3.8, 4) is 11.1 Å². The molecule has 162 valence electrons. The van der Waals surface area contributed by atoms with Crippen LogP contribution in [0.3, 0.4) is 0 Å². The molecule has 1 N–H and O–H groups in total. The van der Waals surface area contributed by atoms with Crippen molar-refractivity contribution in [2.75, 3.05) is 6.54 Å². The smallest absolute Gasteiger partial charge is 0.323 e. The molecule has 0 bridgehead atoms. The van der Waals surface area contributed by atoms with Crippen molar-refractivity contribution in [2.45, 2.75) is 51.0 Å². The van der Waals surface area contributed by atoms with Gasteiger partial charge in [0, 0.05) is 18.4 Å². The highest BCUT2D eigenvalue weighted by Gasteiger charge is 2.55. The molecule has 2 fully saturated rings. The Morgan fingerprint density at radius 1 is 1.00 bits per heavy atom. The molecule has 5 nitrogen and oxygen atoms in total. The average Bonchev–Trinajstić information content (AvgIpc) is 2.96. The first-order valence-corrected chi connectivity index (χ1v) is 10.3. The second kappa shape index (κ2) is 7.55. The number of rotatable bonds is 4. The van der Waals surface area contributed by atoms with E-state index in [0.717, 1.165) is 27.2 Å². The lowest BCUT2D eigenvalue weighted by molar-refractivity contribution is -0.135. The zero-order valence-electron chi connectivity index (χ0n) is 17.5. The molecule has 1 heterocycles. The number of nitrogens with one attached hydrogen (secondary N) is 1. The number of imide groups is 1. The fourth-order valence-electron chi connectivity index (χ4n) is 4.32. The molecule has 2 aromatic carbocycles. The van der Waals surface area contributed by atoms with Gasteiger partial charge in [-0.3, -0.25) is 14.5 Å². The Labute approximate surface area is 179 Å². The lowest BCUT2D eigenvalue weighted by Gasteiger charge is -2.34. The summed E-state index contributed by atoms with van der Waals surface area (Å²) in [5, 5.41) is 2.56. The van der Waals surface area contributed by atoms with Crippen LogP contribution in [0.15, 0.2) is 42.5 Å². The van der Waals surface area contributed by atoms with Gasteiger partial charge < -0.3 is 5.32 Å². The Bertz CT molecular complexity index is 1050. The summed E-state index contributed by atoms with van der Waals surface area (Å²) in [7, 11) is 0. The van der Waals surface area contributed by atoms with Gasteiger partial charge in [-0.15, -0.1) is 0 Å². The number of halogens is 2. The minimum atomic E-state index is -2.82. The number of ketones is 1. The van der Waals surface area contributed by atoms with E-state index >= 15 is 0 Å². The highest BCUT2D eigenvalue weighted by atomic mass is 19.3. The number of carbonyl (C=O) groups excluding carboxylic acids is 3. The molecule has 31 heavy (non-hydrogen) atoms. The predicted molar refractivity (Wildman–Crippen MR) is 112 cm³/mol. The second-order valence-corrected chi connectivity index (χ2v) is 8.58. The summed E-state index contributed by atoms with van der Waals surface area (Å²) < 4.78 is 27.0. The summed E-state index contributed by atoms with van der Waals surface area (Å²) in [6, 6.07) is 12.5. The molecular formula is C24H24F2N2O3. The maximum Gasteiger partial charge on any atom is 0.325 e. The molecule has 2 aliphatic rings. The minimum Gasteiger partial charge on any atom is -0.323 e. The molecule has 1 aliphatic heterocycles. The summed E-state index contributed by atoms with van der Waals surface area (Å²) in [5.41, 5.74) is 3.36. The molecule has 1 aliphatic carbocycles. The molecule has 0 unspecified atom stereocenters. The Morgan fingerprint density at radius 2 is 1.65 bits per heavy atom. The summed E-state index contributed by atoms with van der Waals surface area (Å²) >= 11 is 0. The van der Waals surface area contributed by atoms with Crippen LogP contribution in [0.25, 0.3) is 11.1 Å². The van der Waals surface area contributed by atoms with E-state index < -0.39 is 42.8 Å². The number of Topliss-reactive ketones (excluding diaryl/α,β-unsaturated/α-hetero) is 1. The number of carbonyl (C=O) groups is 3. The number of benzene rings is 2. The van der Waals surface area contributed by atoms with Crippen molar-refractivity contribution in [3.05, 3.63) is 59.2 Å². The van der Waals surface area contributed by atoms with Crippen LogP contribution in [-0.2, 0) is 4.79 Å². The van der Waals surface area contributed by atoms with Gasteiger partial charge in [0.25, 0.3) is 5.91 Å². The largest absolute Gasteiger partial charge is 0.325 e. The monoisotopic (exact) mass is 426 g/mol. The normalized spacial score (nSPS) is 19.5. The van der Waals surface area contributed by atoms with Crippen LogP contribution >= 0.6 is 0 Å². The van der Waals surface area contributed by atoms with Crippen molar-refractivity contribution in [3.63, 3.8) is 0 Å². The van der Waals surface area contributed by atoms with Gasteiger partial charge in [0.15, 0.2) is 5.78 Å². The summed E-state index contributed by atoms with van der Waals surface area (Å²) in [4.78, 5) is 38.8. The molecule has 3 amide bonds. The summed E-state index contributed by atoms with van der Waals surface area (Å²) in [6.45, 7) is 3.62. The highest BCUT2D eigenvalue weighted by molar-refractivity contribution is 6.11. The van der Waals surface area contributed by atoms with Crippen molar-refractivity contribution >= 4 is 17.7 Å². The van der Waals surface area contributed by atoms with E-state index in [9.17, 15) is 23.2 Å². The van der Waals surface area contributed by atoms with Gasteiger partial charge in [-0.2, -0.15) is 0 Å². The van der Waals surface area contributed by atoms with Crippen LogP contribution in [0.2, 0.25) is 0 Å². The third-order valence-corrected chi connectivity index (χ3v) is 6.29. The lowest BCUT2D eigenvalue weighted by Crippen LogP contribution is -2.51. The Morgan fingerprint density at radius 3 is 2.29 bits per heavy atom. The van der Waals surface area contributed by atoms with Gasteiger partial charge in [0.2, 0.25) is 5.92 Å². The van der Waals surface area contributed by atoms with Gasteiger partial charge in [-0.05, 0) is 43.4 Å². The number of aryl methyl sites for hydroxylation is 2. The summed E-state index contributed by atoms with van der Waals surface area (Å²) in [6.07, 6.45) is -1.17. The van der Waals surface area contributed by atoms with E-state index in [1.54, 1.807) is 12.1 Å². The molecule has 1 saturated heterocycles. The van der Waals surface area contributed by atoms with Crippen LogP contribution in [0, 0.1) is 13.8 Å². The molecule has 0 atom stereocenters. The number of alkyl halides is 2. The van der Waals surface area contributed by atoms with E-state index in [4.69, 9.17) is 0 Å². The van der Waals surface area contributed by atoms with E-state index in [2.05, 4.69) is 11.4 Å². The van der Waals surface area contributed by atoms with Gasteiger partial charge in [-0.1, -0.05) is 48.0 Å². The SMILES string of the molecule is Cc1ccc(C)c(-c2ccc(C(=O)CN3C(=O)NC4(CCC(F)(F)CC4)C3=O)cc2)c1. The first-order valence-electron chi connectivity index (χ1n) is 10.3. The Kier molecular flexibility index (Phi) is 5.15. The van der Waals surface area contributed by atoms with Gasteiger partial charge in [0.05, 0.1) is 6.54 Å². The quantitative estimate of drug-likeness (QED) is 0.572. The molecule has 0 aromatic heterocycles. The number of hydrogen-bond acceptors (Lipinski definition) is 3. The molecule has 4 rings (SSSR count). The third kappa shape index (κ3) is 3.96. The third-order valence-electron chi connectivity index (χ3n) is 6.29. The van der Waals surface area contributed by atoms with Crippen LogP contribution in [0.1, 0.15) is 47.2 Å². The number of hydrogen-bond donors (Lipinski definition) is 1. The van der Waals surface area contributed by atoms with Gasteiger partial charge >= 0.3 is 6.03 Å². The van der Waals surface area contributed by atoms with Crippen molar-refractivity contribution in [1.29, 1.82) is 0 Å². The Hall–Kier alpha value is -3.09. The van der Waals surface area contributed by atoms with Crippen LogP contribution in [-0.4, -0.2) is 40.6 Å². The number of urea groups is 1. The van der Waals surface area contributed by atoms with Gasteiger partial charge in [0.1, 0.15) is 5.54 Å². The standard InChI is InChI=1S/C24H24F2N2O3/c1-15-3-4-16(2)19(13-15)17-5-7-18(8-6-17)20(29)14-28-21(30)23(27-22(28)31)9-11-24(25,26)12-10-23/h3-8,13H,9-12,14H2,1-2H3,(H,27,31). The number of amides is 3. The molecule has 0 radical (unpaired) electrons. The van der Waals surface area contributed by atoms with Crippen LogP contribution < -0.4 is 5.32 Å². The maximum atomic E-state index is 13.5. The molecule has 1 saturated carbocycles. The highest BCUT2D eigenvalue weighted by Crippen LogP contribution is 2.41. The Balaban J connectivity index is 1.48. The first kappa shape index (κ1) is 21.2. The van der Waals surface area contributed by atoms with E-state index in [1.165, 1.54) is 0 Å². The fourth-order valence-corrected chi connectivity index (χ4v) is 4.32. The maximum absolute atomic E-state index is 13.5. The lowest BCUT2D eigenvalue weighted by atomic mass is 9.80. The van der Waals surface area contributed by atoms with Gasteiger partial charge in [-0.25, -0.2) is 13.6 Å². The molecule has 2 aromatic rings. The first-order chi connectivity index (χ1) is 14.6.